The Bertz CT molecular complexity index is 536. The van der Waals surface area contributed by atoms with Crippen molar-refractivity contribution in [1.82, 2.24) is 0 Å². The Hall–Kier alpha value is -1.39. The lowest BCUT2D eigenvalue weighted by atomic mass is 9.91. The lowest BCUT2D eigenvalue weighted by Crippen LogP contribution is -2.26. The number of rotatable bonds is 3. The molecule has 0 aromatic heterocycles. The summed E-state index contributed by atoms with van der Waals surface area (Å²) in [4.78, 5) is 11.9. The number of nitrogens with one attached hydrogen (secondary N) is 1. The molecule has 3 unspecified atom stereocenters. The van der Waals surface area contributed by atoms with Crippen LogP contribution in [0.5, 0.6) is 0 Å². The number of ether oxygens (including phenoxy) is 1. The van der Waals surface area contributed by atoms with Crippen molar-refractivity contribution < 1.29 is 9.53 Å². The molecular weight excluding hydrogens is 252 g/mol. The largest absolute Gasteiger partial charge is 0.376 e. The summed E-state index contributed by atoms with van der Waals surface area (Å²) < 4.78 is 5.72. The molecule has 0 aliphatic carbocycles. The van der Waals surface area contributed by atoms with Crippen molar-refractivity contribution in [2.45, 2.75) is 51.2 Å². The number of anilines is 1. The summed E-state index contributed by atoms with van der Waals surface area (Å²) >= 11 is 0. The zero-order chi connectivity index (χ0) is 14.3. The standard InChI is InChI=1S/C16H22N2O2/c1-3-10-7-11-9(2)16(19)18-15(11)12(8-10)14(17)13-5-4-6-20-13/h7-9,13-14H,3-6,17H2,1-2H3,(H,18,19). The summed E-state index contributed by atoms with van der Waals surface area (Å²) in [7, 11) is 0. The van der Waals surface area contributed by atoms with E-state index >= 15 is 0 Å². The number of amides is 1. The fraction of sp³-hybridized carbons (Fsp3) is 0.562. The molecule has 3 rings (SSSR count). The van der Waals surface area contributed by atoms with Crippen LogP contribution in [0.1, 0.15) is 55.3 Å². The number of nitrogens with two attached hydrogens (primary N) is 1. The summed E-state index contributed by atoms with van der Waals surface area (Å²) in [5.41, 5.74) is 10.7. The van der Waals surface area contributed by atoms with Crippen LogP contribution in [-0.2, 0) is 16.0 Å². The van der Waals surface area contributed by atoms with Gasteiger partial charge in [0.1, 0.15) is 0 Å². The van der Waals surface area contributed by atoms with Gasteiger partial charge in [-0.2, -0.15) is 0 Å². The van der Waals surface area contributed by atoms with Gasteiger partial charge in [0.05, 0.1) is 18.1 Å². The molecule has 4 nitrogen and oxygen atoms in total. The molecule has 0 radical (unpaired) electrons. The molecule has 2 aliphatic heterocycles. The highest BCUT2D eigenvalue weighted by molar-refractivity contribution is 6.03. The van der Waals surface area contributed by atoms with E-state index < -0.39 is 0 Å². The van der Waals surface area contributed by atoms with Gasteiger partial charge in [-0.25, -0.2) is 0 Å². The topological polar surface area (TPSA) is 64.3 Å². The zero-order valence-electron chi connectivity index (χ0n) is 12.1. The quantitative estimate of drug-likeness (QED) is 0.890. The van der Waals surface area contributed by atoms with Gasteiger partial charge >= 0.3 is 0 Å². The van der Waals surface area contributed by atoms with Crippen LogP contribution in [0, 0.1) is 0 Å². The van der Waals surface area contributed by atoms with Crippen molar-refractivity contribution in [3.05, 3.63) is 28.8 Å². The van der Waals surface area contributed by atoms with Crippen LogP contribution in [-0.4, -0.2) is 18.6 Å². The third-order valence-electron chi connectivity index (χ3n) is 4.50. The Morgan fingerprint density at radius 2 is 2.30 bits per heavy atom. The van der Waals surface area contributed by atoms with Crippen LogP contribution in [0.15, 0.2) is 12.1 Å². The van der Waals surface area contributed by atoms with Gasteiger partial charge in [0.2, 0.25) is 5.91 Å². The van der Waals surface area contributed by atoms with E-state index in [0.717, 1.165) is 42.7 Å². The Morgan fingerprint density at radius 1 is 1.50 bits per heavy atom. The average Bonchev–Trinajstić information content (AvgIpc) is 3.07. The zero-order valence-corrected chi connectivity index (χ0v) is 12.1. The molecule has 4 heteroatoms. The normalized spacial score (nSPS) is 26.4. The molecule has 0 bridgehead atoms. The van der Waals surface area contributed by atoms with Crippen LogP contribution >= 0.6 is 0 Å². The van der Waals surface area contributed by atoms with Gasteiger partial charge in [0.25, 0.3) is 0 Å². The van der Waals surface area contributed by atoms with Crippen molar-refractivity contribution in [2.75, 3.05) is 11.9 Å². The SMILES string of the molecule is CCc1cc2c(c(C(N)C3CCCO3)c1)NC(=O)C2C. The summed E-state index contributed by atoms with van der Waals surface area (Å²) in [6, 6.07) is 4.09. The molecule has 3 N–H and O–H groups in total. The molecule has 108 valence electrons. The van der Waals surface area contributed by atoms with Gasteiger partial charge in [0.15, 0.2) is 0 Å². The summed E-state index contributed by atoms with van der Waals surface area (Å²) in [6.07, 6.45) is 3.07. The molecular formula is C16H22N2O2. The minimum atomic E-state index is -0.164. The lowest BCUT2D eigenvalue weighted by molar-refractivity contribution is -0.116. The van der Waals surface area contributed by atoms with Crippen molar-refractivity contribution >= 4 is 11.6 Å². The van der Waals surface area contributed by atoms with Crippen LogP contribution in [0.25, 0.3) is 0 Å². The van der Waals surface area contributed by atoms with Gasteiger partial charge in [-0.05, 0) is 42.9 Å². The summed E-state index contributed by atoms with van der Waals surface area (Å²) in [5, 5.41) is 3.00. The lowest BCUT2D eigenvalue weighted by Gasteiger charge is -2.22. The second kappa shape index (κ2) is 5.19. The number of carbonyl (C=O) groups excluding carboxylic acids is 1. The third kappa shape index (κ3) is 2.13. The number of carbonyl (C=O) groups is 1. The monoisotopic (exact) mass is 274 g/mol. The molecule has 1 saturated heterocycles. The van der Waals surface area contributed by atoms with Crippen molar-refractivity contribution in [1.29, 1.82) is 0 Å². The van der Waals surface area contributed by atoms with Gasteiger partial charge in [-0.3, -0.25) is 4.79 Å². The summed E-state index contributed by atoms with van der Waals surface area (Å²) in [5.74, 6) is -0.0269. The summed E-state index contributed by atoms with van der Waals surface area (Å²) in [6.45, 7) is 4.86. The Morgan fingerprint density at radius 3 is 2.95 bits per heavy atom. The molecule has 0 saturated carbocycles. The Kier molecular flexibility index (Phi) is 3.52. The second-order valence-electron chi connectivity index (χ2n) is 5.79. The van der Waals surface area contributed by atoms with Crippen LogP contribution < -0.4 is 11.1 Å². The van der Waals surface area contributed by atoms with E-state index in [1.807, 2.05) is 6.92 Å². The van der Waals surface area contributed by atoms with E-state index in [1.165, 1.54) is 5.56 Å². The van der Waals surface area contributed by atoms with Gasteiger partial charge in [0, 0.05) is 12.3 Å². The van der Waals surface area contributed by atoms with Crippen molar-refractivity contribution in [2.24, 2.45) is 5.73 Å². The van der Waals surface area contributed by atoms with Gasteiger partial charge < -0.3 is 15.8 Å². The third-order valence-corrected chi connectivity index (χ3v) is 4.50. The van der Waals surface area contributed by atoms with E-state index in [2.05, 4.69) is 24.4 Å². The molecule has 0 spiro atoms. The van der Waals surface area contributed by atoms with E-state index in [0.29, 0.717) is 0 Å². The first-order valence-electron chi connectivity index (χ1n) is 7.46. The maximum absolute atomic E-state index is 11.9. The number of hydrogen-bond donors (Lipinski definition) is 2. The second-order valence-corrected chi connectivity index (χ2v) is 5.79. The first-order valence-corrected chi connectivity index (χ1v) is 7.46. The van der Waals surface area contributed by atoms with Crippen LogP contribution in [0.3, 0.4) is 0 Å². The highest BCUT2D eigenvalue weighted by Crippen LogP contribution is 2.40. The minimum absolute atomic E-state index is 0.0639. The maximum Gasteiger partial charge on any atom is 0.231 e. The Labute approximate surface area is 119 Å². The molecule has 1 amide bonds. The fourth-order valence-electron chi connectivity index (χ4n) is 3.16. The van der Waals surface area contributed by atoms with Crippen LogP contribution in [0.4, 0.5) is 5.69 Å². The van der Waals surface area contributed by atoms with Crippen molar-refractivity contribution in [3.8, 4) is 0 Å². The molecule has 1 aromatic rings. The number of aryl methyl sites for hydroxylation is 1. The predicted octanol–water partition coefficient (Wildman–Crippen LogP) is 2.48. The maximum atomic E-state index is 11.9. The van der Waals surface area contributed by atoms with Gasteiger partial charge in [-0.15, -0.1) is 0 Å². The molecule has 2 aliphatic rings. The number of fused-ring (bicyclic) bond motifs is 1. The minimum Gasteiger partial charge on any atom is -0.376 e. The molecule has 3 atom stereocenters. The Balaban J connectivity index is 2.03. The molecule has 1 fully saturated rings. The fourth-order valence-corrected chi connectivity index (χ4v) is 3.16. The highest BCUT2D eigenvalue weighted by Gasteiger charge is 2.33. The van der Waals surface area contributed by atoms with E-state index in [4.69, 9.17) is 10.5 Å². The highest BCUT2D eigenvalue weighted by atomic mass is 16.5. The van der Waals surface area contributed by atoms with Gasteiger partial charge in [-0.1, -0.05) is 19.1 Å². The molecule has 1 aromatic carbocycles. The number of benzene rings is 1. The first-order chi connectivity index (χ1) is 9.61. The van der Waals surface area contributed by atoms with Crippen LogP contribution in [0.2, 0.25) is 0 Å². The number of hydrogen-bond acceptors (Lipinski definition) is 3. The smallest absolute Gasteiger partial charge is 0.231 e. The van der Waals surface area contributed by atoms with E-state index in [9.17, 15) is 4.79 Å². The van der Waals surface area contributed by atoms with E-state index in [-0.39, 0.29) is 24.0 Å². The average molecular weight is 274 g/mol. The molecule has 2 heterocycles. The molecule has 20 heavy (non-hydrogen) atoms. The van der Waals surface area contributed by atoms with E-state index in [1.54, 1.807) is 0 Å². The first kappa shape index (κ1) is 13.6. The predicted molar refractivity (Wildman–Crippen MR) is 78.8 cm³/mol. The van der Waals surface area contributed by atoms with Crippen molar-refractivity contribution in [3.63, 3.8) is 0 Å².